The molecule has 1 aliphatic heterocycles. The Morgan fingerprint density at radius 1 is 1.19 bits per heavy atom. The second kappa shape index (κ2) is 8.85. The van der Waals surface area contributed by atoms with E-state index in [4.69, 9.17) is 4.74 Å². The lowest BCUT2D eigenvalue weighted by Crippen LogP contribution is -2.37. The number of nitrogens with one attached hydrogen (secondary N) is 1. The third-order valence-corrected chi connectivity index (χ3v) is 5.51. The minimum atomic E-state index is -0.351. The molecule has 138 valence electrons. The zero-order chi connectivity index (χ0) is 18.4. The van der Waals surface area contributed by atoms with Gasteiger partial charge in [0.05, 0.1) is 18.2 Å². The van der Waals surface area contributed by atoms with E-state index in [9.17, 15) is 9.59 Å². The number of thiophene rings is 1. The zero-order valence-electron chi connectivity index (χ0n) is 14.9. The van der Waals surface area contributed by atoms with Gasteiger partial charge in [0.25, 0.3) is 0 Å². The maximum absolute atomic E-state index is 12.9. The first-order valence-corrected chi connectivity index (χ1v) is 9.95. The van der Waals surface area contributed by atoms with Crippen LogP contribution in [-0.4, -0.2) is 30.1 Å². The Labute approximate surface area is 158 Å². The summed E-state index contributed by atoms with van der Waals surface area (Å²) in [6, 6.07) is 11.0. The van der Waals surface area contributed by atoms with Crippen molar-refractivity contribution in [2.45, 2.75) is 38.6 Å². The Morgan fingerprint density at radius 2 is 2.00 bits per heavy atom. The van der Waals surface area contributed by atoms with Crippen molar-refractivity contribution in [2.24, 2.45) is 0 Å². The van der Waals surface area contributed by atoms with Crippen LogP contribution >= 0.6 is 11.3 Å². The van der Waals surface area contributed by atoms with E-state index in [1.54, 1.807) is 42.5 Å². The summed E-state index contributed by atoms with van der Waals surface area (Å²) in [4.78, 5) is 27.8. The lowest BCUT2D eigenvalue weighted by atomic mass is 10.1. The van der Waals surface area contributed by atoms with Crippen LogP contribution in [0.2, 0.25) is 0 Å². The molecule has 1 aromatic carbocycles. The predicted molar refractivity (Wildman–Crippen MR) is 104 cm³/mol. The van der Waals surface area contributed by atoms with E-state index in [2.05, 4.69) is 16.8 Å². The van der Waals surface area contributed by atoms with Crippen molar-refractivity contribution in [3.05, 3.63) is 52.2 Å². The largest absolute Gasteiger partial charge is 0.462 e. The van der Waals surface area contributed by atoms with Crippen LogP contribution in [-0.2, 0) is 4.74 Å². The van der Waals surface area contributed by atoms with Gasteiger partial charge in [-0.3, -0.25) is 0 Å². The van der Waals surface area contributed by atoms with Gasteiger partial charge in [0, 0.05) is 17.1 Å². The van der Waals surface area contributed by atoms with Crippen LogP contribution in [0.5, 0.6) is 0 Å². The third-order valence-electron chi connectivity index (χ3n) is 4.53. The highest BCUT2D eigenvalue weighted by molar-refractivity contribution is 7.10. The van der Waals surface area contributed by atoms with Crippen molar-refractivity contribution in [3.63, 3.8) is 0 Å². The molecule has 5 nitrogen and oxygen atoms in total. The van der Waals surface area contributed by atoms with Crippen LogP contribution in [0.25, 0.3) is 0 Å². The monoisotopic (exact) mass is 372 g/mol. The molecule has 0 radical (unpaired) electrons. The van der Waals surface area contributed by atoms with Gasteiger partial charge in [-0.15, -0.1) is 11.3 Å². The standard InChI is InChI=1S/C20H24N2O3S/c1-2-25-19(23)15-9-11-16(12-10-15)21-20(24)22-13-5-3-4-7-17(22)18-8-6-14-26-18/h6,8-12,14,17H,2-5,7,13H2,1H3,(H,21,24). The average Bonchev–Trinajstić information content (AvgIpc) is 3.06. The summed E-state index contributed by atoms with van der Waals surface area (Å²) in [6.45, 7) is 2.88. The normalized spacial score (nSPS) is 17.4. The molecule has 6 heteroatoms. The van der Waals surface area contributed by atoms with Crippen LogP contribution < -0.4 is 5.32 Å². The van der Waals surface area contributed by atoms with E-state index in [0.29, 0.717) is 17.9 Å². The molecule has 2 aromatic rings. The van der Waals surface area contributed by atoms with E-state index in [0.717, 1.165) is 32.2 Å². The summed E-state index contributed by atoms with van der Waals surface area (Å²) < 4.78 is 4.98. The molecular weight excluding hydrogens is 348 g/mol. The maximum atomic E-state index is 12.9. The van der Waals surface area contributed by atoms with Gasteiger partial charge in [-0.05, 0) is 55.5 Å². The van der Waals surface area contributed by atoms with E-state index < -0.39 is 0 Å². The second-order valence-corrected chi connectivity index (χ2v) is 7.28. The third kappa shape index (κ3) is 4.43. The summed E-state index contributed by atoms with van der Waals surface area (Å²) in [5.41, 5.74) is 1.16. The van der Waals surface area contributed by atoms with Crippen molar-refractivity contribution in [3.8, 4) is 0 Å². The number of anilines is 1. The molecule has 0 saturated carbocycles. The fourth-order valence-corrected chi connectivity index (χ4v) is 4.10. The number of carbonyl (C=O) groups is 2. The second-order valence-electron chi connectivity index (χ2n) is 6.30. The Bertz CT molecular complexity index is 728. The Hall–Kier alpha value is -2.34. The number of hydrogen-bond acceptors (Lipinski definition) is 4. The van der Waals surface area contributed by atoms with Gasteiger partial charge in [0.1, 0.15) is 0 Å². The van der Waals surface area contributed by atoms with Crippen LogP contribution in [0.15, 0.2) is 41.8 Å². The number of carbonyl (C=O) groups excluding carboxylic acids is 2. The molecule has 1 N–H and O–H groups in total. The Morgan fingerprint density at radius 3 is 2.69 bits per heavy atom. The first-order valence-electron chi connectivity index (χ1n) is 9.07. The molecule has 26 heavy (non-hydrogen) atoms. The maximum Gasteiger partial charge on any atom is 0.338 e. The molecule has 0 bridgehead atoms. The Kier molecular flexibility index (Phi) is 6.28. The number of amides is 2. The molecule has 2 heterocycles. The van der Waals surface area contributed by atoms with Crippen LogP contribution in [0.3, 0.4) is 0 Å². The summed E-state index contributed by atoms with van der Waals surface area (Å²) >= 11 is 1.70. The van der Waals surface area contributed by atoms with Crippen LogP contribution in [0.1, 0.15) is 53.9 Å². The highest BCUT2D eigenvalue weighted by Gasteiger charge is 2.27. The highest BCUT2D eigenvalue weighted by atomic mass is 32.1. The van der Waals surface area contributed by atoms with E-state index >= 15 is 0 Å². The summed E-state index contributed by atoms with van der Waals surface area (Å²) in [5, 5.41) is 5.03. The van der Waals surface area contributed by atoms with Gasteiger partial charge in [-0.2, -0.15) is 0 Å². The van der Waals surface area contributed by atoms with Crippen molar-refractivity contribution in [1.29, 1.82) is 0 Å². The van der Waals surface area contributed by atoms with Gasteiger partial charge in [-0.25, -0.2) is 9.59 Å². The number of ether oxygens (including phenoxy) is 1. The quantitative estimate of drug-likeness (QED) is 0.762. The molecule has 0 spiro atoms. The molecule has 1 unspecified atom stereocenters. The zero-order valence-corrected chi connectivity index (χ0v) is 15.8. The number of likely N-dealkylation sites (tertiary alicyclic amines) is 1. The lowest BCUT2D eigenvalue weighted by Gasteiger charge is -2.29. The van der Waals surface area contributed by atoms with E-state index in [-0.39, 0.29) is 18.0 Å². The lowest BCUT2D eigenvalue weighted by molar-refractivity contribution is 0.0526. The SMILES string of the molecule is CCOC(=O)c1ccc(NC(=O)N2CCCCCC2c2cccs2)cc1. The van der Waals surface area contributed by atoms with Crippen molar-refractivity contribution in [2.75, 3.05) is 18.5 Å². The molecule has 3 rings (SSSR count). The smallest absolute Gasteiger partial charge is 0.338 e. The van der Waals surface area contributed by atoms with Gasteiger partial charge in [0.15, 0.2) is 0 Å². The first-order chi connectivity index (χ1) is 12.7. The molecule has 1 atom stereocenters. The molecule has 1 aliphatic rings. The van der Waals surface area contributed by atoms with Gasteiger partial charge in [0.2, 0.25) is 0 Å². The van der Waals surface area contributed by atoms with Gasteiger partial charge < -0.3 is 15.0 Å². The predicted octanol–water partition coefficient (Wildman–Crippen LogP) is 5.07. The average molecular weight is 372 g/mol. The van der Waals surface area contributed by atoms with E-state index in [1.807, 2.05) is 11.0 Å². The first kappa shape index (κ1) is 18.5. The molecule has 1 fully saturated rings. The molecule has 2 amide bonds. The summed E-state index contributed by atoms with van der Waals surface area (Å²) in [7, 11) is 0. The van der Waals surface area contributed by atoms with Crippen molar-refractivity contribution < 1.29 is 14.3 Å². The van der Waals surface area contributed by atoms with E-state index in [1.165, 1.54) is 4.88 Å². The van der Waals surface area contributed by atoms with Crippen molar-refractivity contribution >= 4 is 29.0 Å². The highest BCUT2D eigenvalue weighted by Crippen LogP contribution is 2.33. The number of rotatable bonds is 4. The minimum Gasteiger partial charge on any atom is -0.462 e. The van der Waals surface area contributed by atoms with Gasteiger partial charge >= 0.3 is 12.0 Å². The fraction of sp³-hybridized carbons (Fsp3) is 0.400. The summed E-state index contributed by atoms with van der Waals surface area (Å²) in [5.74, 6) is -0.351. The van der Waals surface area contributed by atoms with Crippen LogP contribution in [0.4, 0.5) is 10.5 Å². The number of nitrogens with zero attached hydrogens (tertiary/aromatic N) is 1. The number of esters is 1. The molecule has 0 aliphatic carbocycles. The Balaban J connectivity index is 1.70. The van der Waals surface area contributed by atoms with Crippen molar-refractivity contribution in [1.82, 2.24) is 4.90 Å². The number of urea groups is 1. The summed E-state index contributed by atoms with van der Waals surface area (Å²) in [6.07, 6.45) is 4.31. The minimum absolute atomic E-state index is 0.0887. The molecule has 1 aromatic heterocycles. The molecule has 1 saturated heterocycles. The number of benzene rings is 1. The van der Waals surface area contributed by atoms with Crippen LogP contribution in [0, 0.1) is 0 Å². The van der Waals surface area contributed by atoms with Gasteiger partial charge in [-0.1, -0.05) is 18.9 Å². The molecular formula is C20H24N2O3S. The topological polar surface area (TPSA) is 58.6 Å². The fourth-order valence-electron chi connectivity index (χ4n) is 3.23. The number of hydrogen-bond donors (Lipinski definition) is 1.